The third-order valence-corrected chi connectivity index (χ3v) is 4.90. The van der Waals surface area contributed by atoms with Crippen molar-refractivity contribution in [1.29, 1.82) is 0 Å². The fourth-order valence-electron chi connectivity index (χ4n) is 3.76. The van der Waals surface area contributed by atoms with Gasteiger partial charge in [-0.15, -0.1) is 0 Å². The summed E-state index contributed by atoms with van der Waals surface area (Å²) in [4.78, 5) is 25.5. The Morgan fingerprint density at radius 3 is 2.52 bits per heavy atom. The molecule has 2 heterocycles. The molecule has 2 aromatic rings. The van der Waals surface area contributed by atoms with Crippen LogP contribution in [-0.2, 0) is 21.4 Å². The molecule has 116 valence electrons. The number of carbonyl (C=O) groups is 2. The number of rotatable bonds is 4. The van der Waals surface area contributed by atoms with Gasteiger partial charge in [0.25, 0.3) is 0 Å². The maximum absolute atomic E-state index is 12.9. The maximum atomic E-state index is 12.9. The molecule has 4 rings (SSSR count). The quantitative estimate of drug-likeness (QED) is 0.874. The highest BCUT2D eigenvalue weighted by atomic mass is 16.2. The summed E-state index contributed by atoms with van der Waals surface area (Å²) in [5, 5.41) is 3.23. The Kier molecular flexibility index (Phi) is 3.27. The highest BCUT2D eigenvalue weighted by Crippen LogP contribution is 2.46. The normalized spacial score (nSPS) is 17.9. The molecule has 1 N–H and O–H groups in total. The van der Waals surface area contributed by atoms with Gasteiger partial charge >= 0.3 is 0 Å². The molecule has 0 atom stereocenters. The zero-order chi connectivity index (χ0) is 15.9. The first-order valence-electron chi connectivity index (χ1n) is 7.89. The SMILES string of the molecule is O=CCN1C(=O)C2(CNC2)c2c(Cc3ccccc3)cccc21. The van der Waals surface area contributed by atoms with Crippen LogP contribution in [0.1, 0.15) is 16.7 Å². The van der Waals surface area contributed by atoms with E-state index in [1.54, 1.807) is 4.90 Å². The summed E-state index contributed by atoms with van der Waals surface area (Å²) in [6.45, 7) is 1.43. The second-order valence-corrected chi connectivity index (χ2v) is 6.24. The lowest BCUT2D eigenvalue weighted by atomic mass is 9.73. The predicted octanol–water partition coefficient (Wildman–Crippen LogP) is 1.66. The molecule has 0 radical (unpaired) electrons. The molecule has 0 unspecified atom stereocenters. The Balaban J connectivity index is 1.82. The second-order valence-electron chi connectivity index (χ2n) is 6.24. The lowest BCUT2D eigenvalue weighted by molar-refractivity contribution is -0.125. The van der Waals surface area contributed by atoms with Crippen LogP contribution in [-0.4, -0.2) is 31.8 Å². The van der Waals surface area contributed by atoms with Gasteiger partial charge in [-0.3, -0.25) is 4.79 Å². The highest BCUT2D eigenvalue weighted by Gasteiger charge is 2.55. The molecule has 1 fully saturated rings. The van der Waals surface area contributed by atoms with Crippen LogP contribution in [0.3, 0.4) is 0 Å². The van der Waals surface area contributed by atoms with Gasteiger partial charge in [0.2, 0.25) is 5.91 Å². The van der Waals surface area contributed by atoms with E-state index in [1.807, 2.05) is 30.3 Å². The summed E-state index contributed by atoms with van der Waals surface area (Å²) in [5.41, 5.74) is 3.93. The molecule has 4 heteroatoms. The van der Waals surface area contributed by atoms with Crippen LogP contribution >= 0.6 is 0 Å². The Bertz CT molecular complexity index is 766. The zero-order valence-electron chi connectivity index (χ0n) is 12.8. The van der Waals surface area contributed by atoms with Crippen LogP contribution in [0.2, 0.25) is 0 Å². The van der Waals surface area contributed by atoms with Gasteiger partial charge in [0.05, 0.1) is 6.54 Å². The number of amides is 1. The number of nitrogens with zero attached hydrogens (tertiary/aromatic N) is 1. The molecule has 0 aromatic heterocycles. The molecule has 23 heavy (non-hydrogen) atoms. The largest absolute Gasteiger partial charge is 0.314 e. The van der Waals surface area contributed by atoms with Crippen LogP contribution < -0.4 is 10.2 Å². The van der Waals surface area contributed by atoms with E-state index in [0.717, 1.165) is 24.0 Å². The van der Waals surface area contributed by atoms with Crippen molar-refractivity contribution in [3.05, 3.63) is 65.2 Å². The van der Waals surface area contributed by atoms with Gasteiger partial charge in [0.15, 0.2) is 0 Å². The minimum atomic E-state index is -0.482. The van der Waals surface area contributed by atoms with E-state index in [9.17, 15) is 9.59 Å². The average molecular weight is 306 g/mol. The van der Waals surface area contributed by atoms with Crippen molar-refractivity contribution in [2.75, 3.05) is 24.5 Å². The second kappa shape index (κ2) is 5.32. The van der Waals surface area contributed by atoms with E-state index >= 15 is 0 Å². The van der Waals surface area contributed by atoms with E-state index in [0.29, 0.717) is 13.1 Å². The summed E-state index contributed by atoms with van der Waals surface area (Å²) in [6.07, 6.45) is 1.60. The van der Waals surface area contributed by atoms with Gasteiger partial charge in [-0.25, -0.2) is 0 Å². The number of nitrogens with one attached hydrogen (secondary N) is 1. The van der Waals surface area contributed by atoms with Gasteiger partial charge in [-0.2, -0.15) is 0 Å². The number of fused-ring (bicyclic) bond motifs is 2. The smallest absolute Gasteiger partial charge is 0.240 e. The summed E-state index contributed by atoms with van der Waals surface area (Å²) in [6, 6.07) is 16.3. The van der Waals surface area contributed by atoms with Crippen molar-refractivity contribution in [1.82, 2.24) is 5.32 Å². The van der Waals surface area contributed by atoms with Crippen LogP contribution in [0, 0.1) is 0 Å². The number of aldehydes is 1. The van der Waals surface area contributed by atoms with Crippen LogP contribution in [0.5, 0.6) is 0 Å². The molecule has 0 aliphatic carbocycles. The van der Waals surface area contributed by atoms with Crippen LogP contribution in [0.25, 0.3) is 0 Å². The molecule has 1 amide bonds. The van der Waals surface area contributed by atoms with Gasteiger partial charge in [0, 0.05) is 18.8 Å². The van der Waals surface area contributed by atoms with E-state index < -0.39 is 5.41 Å². The lowest BCUT2D eigenvalue weighted by Gasteiger charge is -2.38. The van der Waals surface area contributed by atoms with Crippen molar-refractivity contribution in [3.8, 4) is 0 Å². The minimum Gasteiger partial charge on any atom is -0.314 e. The number of benzene rings is 2. The van der Waals surface area contributed by atoms with Crippen molar-refractivity contribution in [2.45, 2.75) is 11.8 Å². The van der Waals surface area contributed by atoms with E-state index in [4.69, 9.17) is 0 Å². The molecule has 0 bridgehead atoms. The van der Waals surface area contributed by atoms with E-state index in [1.165, 1.54) is 11.1 Å². The van der Waals surface area contributed by atoms with Crippen molar-refractivity contribution in [2.24, 2.45) is 0 Å². The maximum Gasteiger partial charge on any atom is 0.240 e. The molecule has 2 aliphatic rings. The monoisotopic (exact) mass is 306 g/mol. The Hall–Kier alpha value is -2.46. The third kappa shape index (κ3) is 2.02. The first-order chi connectivity index (χ1) is 11.3. The fourth-order valence-corrected chi connectivity index (χ4v) is 3.76. The number of hydrogen-bond acceptors (Lipinski definition) is 3. The predicted molar refractivity (Wildman–Crippen MR) is 88.7 cm³/mol. The van der Waals surface area contributed by atoms with Gasteiger partial charge in [-0.05, 0) is 29.2 Å². The summed E-state index contributed by atoms with van der Waals surface area (Å²) in [7, 11) is 0. The molecule has 2 aromatic carbocycles. The molecule has 1 spiro atoms. The zero-order valence-corrected chi connectivity index (χ0v) is 12.8. The van der Waals surface area contributed by atoms with Crippen LogP contribution in [0.15, 0.2) is 48.5 Å². The topological polar surface area (TPSA) is 49.4 Å². The lowest BCUT2D eigenvalue weighted by Crippen LogP contribution is -2.62. The van der Waals surface area contributed by atoms with Crippen molar-refractivity contribution in [3.63, 3.8) is 0 Å². The molecule has 2 aliphatic heterocycles. The number of anilines is 1. The highest BCUT2D eigenvalue weighted by molar-refractivity contribution is 6.11. The summed E-state index contributed by atoms with van der Waals surface area (Å²) in [5.74, 6) is 0.0545. The Morgan fingerprint density at radius 1 is 1.09 bits per heavy atom. The summed E-state index contributed by atoms with van der Waals surface area (Å²) >= 11 is 0. The van der Waals surface area contributed by atoms with Crippen molar-refractivity contribution >= 4 is 17.9 Å². The van der Waals surface area contributed by atoms with E-state index in [2.05, 4.69) is 23.5 Å². The first kappa shape index (κ1) is 14.2. The molecule has 0 saturated carbocycles. The standard InChI is InChI=1S/C19H18N2O2/c22-10-9-21-16-8-4-7-15(11-14-5-2-1-3-6-14)17(16)19(18(21)23)12-20-13-19/h1-8,10,20H,9,11-13H2. The van der Waals surface area contributed by atoms with Gasteiger partial charge < -0.3 is 15.0 Å². The number of carbonyl (C=O) groups excluding carboxylic acids is 2. The molecule has 1 saturated heterocycles. The first-order valence-corrected chi connectivity index (χ1v) is 7.89. The fraction of sp³-hybridized carbons (Fsp3) is 0.263. The van der Waals surface area contributed by atoms with Gasteiger partial charge in [0.1, 0.15) is 11.7 Å². The van der Waals surface area contributed by atoms with Crippen molar-refractivity contribution < 1.29 is 9.59 Å². The molecular weight excluding hydrogens is 288 g/mol. The Labute approximate surface area is 135 Å². The Morgan fingerprint density at radius 2 is 1.87 bits per heavy atom. The van der Waals surface area contributed by atoms with Crippen LogP contribution in [0.4, 0.5) is 5.69 Å². The third-order valence-electron chi connectivity index (χ3n) is 4.90. The molecule has 4 nitrogen and oxygen atoms in total. The average Bonchev–Trinajstić information content (AvgIpc) is 2.79. The number of hydrogen-bond donors (Lipinski definition) is 1. The molecular formula is C19H18N2O2. The van der Waals surface area contributed by atoms with E-state index in [-0.39, 0.29) is 12.5 Å². The minimum absolute atomic E-state index is 0.0545. The summed E-state index contributed by atoms with van der Waals surface area (Å²) < 4.78 is 0. The van der Waals surface area contributed by atoms with Gasteiger partial charge in [-0.1, -0.05) is 42.5 Å².